The molecule has 2 aromatic rings. The summed E-state index contributed by atoms with van der Waals surface area (Å²) >= 11 is 5.87. The van der Waals surface area contributed by atoms with E-state index in [0.29, 0.717) is 10.7 Å². The van der Waals surface area contributed by atoms with Crippen LogP contribution in [-0.2, 0) is 10.0 Å². The molecule has 0 atom stereocenters. The number of hydrogen-bond donors (Lipinski definition) is 1. The third-order valence-corrected chi connectivity index (χ3v) is 4.36. The molecule has 1 N–H and O–H groups in total. The number of sulfonamides is 1. The lowest BCUT2D eigenvalue weighted by Crippen LogP contribution is -2.13. The highest BCUT2D eigenvalue weighted by atomic mass is 35.5. The van der Waals surface area contributed by atoms with E-state index in [1.807, 2.05) is 0 Å². The number of anilines is 1. The summed E-state index contributed by atoms with van der Waals surface area (Å²) in [5.74, 6) is -0.485. The van der Waals surface area contributed by atoms with E-state index in [4.69, 9.17) is 11.6 Å². The quantitative estimate of drug-likeness (QED) is 0.941. The molecule has 0 amide bonds. The Kier molecular flexibility index (Phi) is 3.78. The summed E-state index contributed by atoms with van der Waals surface area (Å²) < 4.78 is 39.3. The van der Waals surface area contributed by atoms with Gasteiger partial charge in [-0.05, 0) is 55.0 Å². The highest BCUT2D eigenvalue weighted by Gasteiger charge is 2.14. The van der Waals surface area contributed by atoms with Crippen LogP contribution >= 0.6 is 11.6 Å². The van der Waals surface area contributed by atoms with Crippen LogP contribution in [0.15, 0.2) is 47.4 Å². The lowest BCUT2D eigenvalue weighted by atomic mass is 10.2. The fraction of sp³-hybridized carbons (Fsp3) is 0.0769. The van der Waals surface area contributed by atoms with Crippen LogP contribution in [0.2, 0.25) is 5.02 Å². The van der Waals surface area contributed by atoms with E-state index in [1.54, 1.807) is 25.1 Å². The standard InChI is InChI=1S/C13H11ClFNO2S/c1-9-8-11(4-7-13(9)14)16-19(17,18)12-5-2-10(15)3-6-12/h2-8,16H,1H3. The fourth-order valence-corrected chi connectivity index (χ4v) is 2.70. The van der Waals surface area contributed by atoms with Crippen LogP contribution < -0.4 is 4.72 Å². The average Bonchev–Trinajstić information content (AvgIpc) is 2.34. The minimum absolute atomic E-state index is 0.00139. The van der Waals surface area contributed by atoms with E-state index in [2.05, 4.69) is 4.72 Å². The molecule has 2 rings (SSSR count). The van der Waals surface area contributed by atoms with Gasteiger partial charge in [0, 0.05) is 10.7 Å². The largest absolute Gasteiger partial charge is 0.280 e. The molecule has 0 aliphatic heterocycles. The SMILES string of the molecule is Cc1cc(NS(=O)(=O)c2ccc(F)cc2)ccc1Cl. The molecule has 2 aromatic carbocycles. The minimum atomic E-state index is -3.72. The number of aryl methyl sites for hydroxylation is 1. The molecule has 0 saturated heterocycles. The second kappa shape index (κ2) is 5.19. The maximum atomic E-state index is 12.8. The Bertz CT molecular complexity index is 699. The molecule has 100 valence electrons. The number of halogens is 2. The Morgan fingerprint density at radius 3 is 2.32 bits per heavy atom. The summed E-state index contributed by atoms with van der Waals surface area (Å²) in [5, 5.41) is 0.560. The lowest BCUT2D eigenvalue weighted by Gasteiger charge is -2.09. The molecular weight excluding hydrogens is 289 g/mol. The summed E-state index contributed by atoms with van der Waals surface area (Å²) in [4.78, 5) is 0.00139. The number of benzene rings is 2. The van der Waals surface area contributed by atoms with Crippen molar-refractivity contribution in [3.05, 3.63) is 58.9 Å². The van der Waals surface area contributed by atoms with E-state index >= 15 is 0 Å². The van der Waals surface area contributed by atoms with E-state index in [9.17, 15) is 12.8 Å². The molecule has 0 fully saturated rings. The molecule has 0 heterocycles. The number of nitrogens with one attached hydrogen (secondary N) is 1. The Balaban J connectivity index is 2.30. The molecule has 0 aliphatic rings. The van der Waals surface area contributed by atoms with Crippen LogP contribution in [0.25, 0.3) is 0 Å². The van der Waals surface area contributed by atoms with E-state index in [1.165, 1.54) is 12.1 Å². The molecule has 0 aliphatic carbocycles. The van der Waals surface area contributed by atoms with Crippen molar-refractivity contribution >= 4 is 27.3 Å². The number of rotatable bonds is 3. The highest BCUT2D eigenvalue weighted by molar-refractivity contribution is 7.92. The molecule has 0 aromatic heterocycles. The van der Waals surface area contributed by atoms with Gasteiger partial charge >= 0.3 is 0 Å². The molecule has 6 heteroatoms. The van der Waals surface area contributed by atoms with Gasteiger partial charge in [0.2, 0.25) is 0 Å². The smallest absolute Gasteiger partial charge is 0.261 e. The average molecular weight is 300 g/mol. The summed E-state index contributed by atoms with van der Waals surface area (Å²) in [7, 11) is -3.72. The first-order chi connectivity index (χ1) is 8.88. The van der Waals surface area contributed by atoms with E-state index in [0.717, 1.165) is 17.7 Å². The van der Waals surface area contributed by atoms with E-state index < -0.39 is 15.8 Å². The van der Waals surface area contributed by atoms with Crippen molar-refractivity contribution < 1.29 is 12.8 Å². The van der Waals surface area contributed by atoms with E-state index in [-0.39, 0.29) is 4.90 Å². The second-order valence-corrected chi connectivity index (χ2v) is 6.11. The molecule has 19 heavy (non-hydrogen) atoms. The van der Waals surface area contributed by atoms with Crippen LogP contribution in [-0.4, -0.2) is 8.42 Å². The maximum Gasteiger partial charge on any atom is 0.261 e. The van der Waals surface area contributed by atoms with Gasteiger partial charge in [0.1, 0.15) is 5.82 Å². The van der Waals surface area contributed by atoms with Crippen molar-refractivity contribution in [1.82, 2.24) is 0 Å². The molecule has 0 spiro atoms. The van der Waals surface area contributed by atoms with Crippen LogP contribution in [0.4, 0.5) is 10.1 Å². The van der Waals surface area contributed by atoms with Gasteiger partial charge in [-0.15, -0.1) is 0 Å². The van der Waals surface area contributed by atoms with Crippen molar-refractivity contribution in [3.8, 4) is 0 Å². The summed E-state index contributed by atoms with van der Waals surface area (Å²) in [6.07, 6.45) is 0. The third kappa shape index (κ3) is 3.24. The van der Waals surface area contributed by atoms with Crippen molar-refractivity contribution in [3.63, 3.8) is 0 Å². The molecule has 0 bridgehead atoms. The predicted molar refractivity (Wildman–Crippen MR) is 73.4 cm³/mol. The molecule has 3 nitrogen and oxygen atoms in total. The van der Waals surface area contributed by atoms with Gasteiger partial charge in [-0.25, -0.2) is 12.8 Å². The van der Waals surface area contributed by atoms with Crippen molar-refractivity contribution in [2.45, 2.75) is 11.8 Å². The maximum absolute atomic E-state index is 12.8. The first-order valence-electron chi connectivity index (χ1n) is 5.43. The van der Waals surface area contributed by atoms with Gasteiger partial charge in [0.05, 0.1) is 4.90 Å². The monoisotopic (exact) mass is 299 g/mol. The van der Waals surface area contributed by atoms with Gasteiger partial charge in [-0.3, -0.25) is 4.72 Å². The first-order valence-corrected chi connectivity index (χ1v) is 7.29. The second-order valence-electron chi connectivity index (χ2n) is 4.02. The Morgan fingerprint density at radius 1 is 1.11 bits per heavy atom. The normalized spacial score (nSPS) is 11.3. The predicted octanol–water partition coefficient (Wildman–Crippen LogP) is 3.59. The Hall–Kier alpha value is -1.59. The number of hydrogen-bond acceptors (Lipinski definition) is 2. The Labute approximate surface area is 116 Å². The van der Waals surface area contributed by atoms with Gasteiger partial charge in [-0.2, -0.15) is 0 Å². The zero-order valence-electron chi connectivity index (χ0n) is 10.0. The van der Waals surface area contributed by atoms with Gasteiger partial charge in [0.25, 0.3) is 10.0 Å². The zero-order chi connectivity index (χ0) is 14.0. The first kappa shape index (κ1) is 13.8. The van der Waals surface area contributed by atoms with Gasteiger partial charge in [-0.1, -0.05) is 11.6 Å². The molecule has 0 radical (unpaired) electrons. The van der Waals surface area contributed by atoms with Gasteiger partial charge in [0.15, 0.2) is 0 Å². The Morgan fingerprint density at radius 2 is 1.74 bits per heavy atom. The minimum Gasteiger partial charge on any atom is -0.280 e. The van der Waals surface area contributed by atoms with Crippen molar-refractivity contribution in [2.75, 3.05) is 4.72 Å². The summed E-state index contributed by atoms with van der Waals surface area (Å²) in [5.41, 5.74) is 1.17. The van der Waals surface area contributed by atoms with Gasteiger partial charge < -0.3 is 0 Å². The fourth-order valence-electron chi connectivity index (χ4n) is 1.54. The molecule has 0 saturated carbocycles. The van der Waals surface area contributed by atoms with Crippen molar-refractivity contribution in [1.29, 1.82) is 0 Å². The summed E-state index contributed by atoms with van der Waals surface area (Å²) in [6, 6.07) is 9.42. The molecule has 0 unspecified atom stereocenters. The molecular formula is C13H11ClFNO2S. The summed E-state index contributed by atoms with van der Waals surface area (Å²) in [6.45, 7) is 1.78. The van der Waals surface area contributed by atoms with Crippen LogP contribution in [0.5, 0.6) is 0 Å². The van der Waals surface area contributed by atoms with Crippen LogP contribution in [0, 0.1) is 12.7 Å². The highest BCUT2D eigenvalue weighted by Crippen LogP contribution is 2.22. The van der Waals surface area contributed by atoms with Crippen LogP contribution in [0.3, 0.4) is 0 Å². The third-order valence-electron chi connectivity index (χ3n) is 2.53. The lowest BCUT2D eigenvalue weighted by molar-refractivity contribution is 0.599. The van der Waals surface area contributed by atoms with Crippen molar-refractivity contribution in [2.24, 2.45) is 0 Å². The van der Waals surface area contributed by atoms with Crippen LogP contribution in [0.1, 0.15) is 5.56 Å². The zero-order valence-corrected chi connectivity index (χ0v) is 11.6. The topological polar surface area (TPSA) is 46.2 Å².